The van der Waals surface area contributed by atoms with Crippen LogP contribution in [0.3, 0.4) is 0 Å². The van der Waals surface area contributed by atoms with Gasteiger partial charge < -0.3 is 4.90 Å². The molecule has 0 unspecified atom stereocenters. The van der Waals surface area contributed by atoms with Crippen molar-refractivity contribution in [3.63, 3.8) is 0 Å². The molecule has 0 radical (unpaired) electrons. The maximum atomic E-state index is 12.8. The van der Waals surface area contributed by atoms with Crippen molar-refractivity contribution < 1.29 is 4.79 Å². The lowest BCUT2D eigenvalue weighted by Crippen LogP contribution is -2.40. The highest BCUT2D eigenvalue weighted by atomic mass is 32.2. The minimum atomic E-state index is -0.0693. The number of piperidine rings is 1. The van der Waals surface area contributed by atoms with Crippen LogP contribution in [0.5, 0.6) is 0 Å². The Balaban J connectivity index is 1.33. The van der Waals surface area contributed by atoms with Gasteiger partial charge in [-0.3, -0.25) is 14.2 Å². The van der Waals surface area contributed by atoms with Gasteiger partial charge >= 0.3 is 0 Å². The molecule has 3 heterocycles. The molecule has 4 rings (SSSR count). The van der Waals surface area contributed by atoms with E-state index >= 15 is 0 Å². The van der Waals surface area contributed by atoms with Crippen molar-refractivity contribution >= 4 is 17.7 Å². The molecule has 0 bridgehead atoms. The fraction of sp³-hybridized carbons (Fsp3) is 0.476. The number of amides is 1. The summed E-state index contributed by atoms with van der Waals surface area (Å²) in [5.74, 6) is 1.56. The van der Waals surface area contributed by atoms with Crippen LogP contribution >= 0.6 is 11.8 Å². The number of carbonyl (C=O) groups excluding carboxylic acids is 1. The van der Waals surface area contributed by atoms with Gasteiger partial charge in [-0.05, 0) is 37.7 Å². The zero-order valence-corrected chi connectivity index (χ0v) is 16.5. The van der Waals surface area contributed by atoms with Gasteiger partial charge in [0.25, 0.3) is 5.56 Å². The van der Waals surface area contributed by atoms with Gasteiger partial charge in [0.2, 0.25) is 5.91 Å². The van der Waals surface area contributed by atoms with Crippen molar-refractivity contribution in [3.8, 4) is 0 Å². The summed E-state index contributed by atoms with van der Waals surface area (Å²) in [4.78, 5) is 31.5. The Morgan fingerprint density at radius 2 is 1.96 bits per heavy atom. The minimum Gasteiger partial charge on any atom is -0.343 e. The summed E-state index contributed by atoms with van der Waals surface area (Å²) in [6.07, 6.45) is 3.60. The number of carbonyl (C=O) groups is 1. The third-order valence-corrected chi connectivity index (χ3v) is 6.66. The second-order valence-electron chi connectivity index (χ2n) is 7.57. The summed E-state index contributed by atoms with van der Waals surface area (Å²) in [5.41, 5.74) is 2.08. The number of nitrogens with zero attached hydrogens (tertiary/aromatic N) is 3. The van der Waals surface area contributed by atoms with Crippen LogP contribution in [-0.4, -0.2) is 39.2 Å². The summed E-state index contributed by atoms with van der Waals surface area (Å²) < 4.78 is 1.71. The van der Waals surface area contributed by atoms with E-state index in [0.717, 1.165) is 49.0 Å². The van der Waals surface area contributed by atoms with Crippen molar-refractivity contribution in [1.29, 1.82) is 0 Å². The zero-order valence-electron chi connectivity index (χ0n) is 15.6. The van der Waals surface area contributed by atoms with Crippen LogP contribution < -0.4 is 5.56 Å². The highest BCUT2D eigenvalue weighted by molar-refractivity contribution is 7.99. The van der Waals surface area contributed by atoms with Crippen molar-refractivity contribution in [2.45, 2.75) is 43.8 Å². The molecule has 1 atom stereocenters. The van der Waals surface area contributed by atoms with Crippen LogP contribution in [0.15, 0.2) is 46.3 Å². The number of fused-ring (bicyclic) bond motifs is 1. The number of aromatic nitrogens is 2. The van der Waals surface area contributed by atoms with Crippen LogP contribution in [0.2, 0.25) is 0 Å². The highest BCUT2D eigenvalue weighted by Crippen LogP contribution is 2.33. The monoisotopic (exact) mass is 383 g/mol. The first-order valence-corrected chi connectivity index (χ1v) is 10.6. The Morgan fingerprint density at radius 3 is 2.70 bits per heavy atom. The third kappa shape index (κ3) is 4.10. The highest BCUT2D eigenvalue weighted by Gasteiger charge is 2.30. The summed E-state index contributed by atoms with van der Waals surface area (Å²) in [7, 11) is 0. The van der Waals surface area contributed by atoms with Gasteiger partial charge in [0.1, 0.15) is 0 Å². The Hall–Kier alpha value is -2.08. The lowest BCUT2D eigenvalue weighted by Gasteiger charge is -2.32. The molecule has 0 N–H and O–H groups in total. The SMILES string of the molecule is Cc1cc(=O)n2c(n1)SC[C@@H]2CC(=O)N1CCC(Cc2ccccc2)CC1. The molecule has 1 aromatic carbocycles. The first-order valence-electron chi connectivity index (χ1n) is 9.65. The first-order chi connectivity index (χ1) is 13.1. The average molecular weight is 384 g/mol. The van der Waals surface area contributed by atoms with E-state index in [4.69, 9.17) is 0 Å². The van der Waals surface area contributed by atoms with Crippen molar-refractivity contribution in [3.05, 3.63) is 58.0 Å². The van der Waals surface area contributed by atoms with Gasteiger partial charge in [-0.25, -0.2) is 4.98 Å². The van der Waals surface area contributed by atoms with Crippen molar-refractivity contribution in [2.75, 3.05) is 18.8 Å². The fourth-order valence-corrected chi connectivity index (χ4v) is 5.27. The van der Waals surface area contributed by atoms with E-state index in [9.17, 15) is 9.59 Å². The summed E-state index contributed by atoms with van der Waals surface area (Å²) in [6.45, 7) is 3.48. The van der Waals surface area contributed by atoms with Crippen molar-refractivity contribution in [1.82, 2.24) is 14.5 Å². The van der Waals surface area contributed by atoms with E-state index in [0.29, 0.717) is 12.3 Å². The molecule has 2 aromatic rings. The molecule has 2 aliphatic heterocycles. The number of likely N-dealkylation sites (tertiary alicyclic amines) is 1. The summed E-state index contributed by atoms with van der Waals surface area (Å²) >= 11 is 1.58. The van der Waals surface area contributed by atoms with Crippen LogP contribution in [0.1, 0.15) is 36.6 Å². The number of benzene rings is 1. The van der Waals surface area contributed by atoms with E-state index in [1.165, 1.54) is 5.56 Å². The quantitative estimate of drug-likeness (QED) is 0.762. The van der Waals surface area contributed by atoms with Crippen LogP contribution in [0.4, 0.5) is 0 Å². The van der Waals surface area contributed by atoms with E-state index in [-0.39, 0.29) is 17.5 Å². The van der Waals surface area contributed by atoms with Crippen LogP contribution in [0.25, 0.3) is 0 Å². The smallest absolute Gasteiger partial charge is 0.254 e. The molecule has 2 aliphatic rings. The zero-order chi connectivity index (χ0) is 18.8. The number of hydrogen-bond donors (Lipinski definition) is 0. The molecule has 5 nitrogen and oxygen atoms in total. The molecule has 1 saturated heterocycles. The van der Waals surface area contributed by atoms with Gasteiger partial charge in [0, 0.05) is 37.0 Å². The number of rotatable bonds is 4. The molecule has 0 saturated carbocycles. The molecule has 27 heavy (non-hydrogen) atoms. The third-order valence-electron chi connectivity index (χ3n) is 5.56. The van der Waals surface area contributed by atoms with E-state index in [2.05, 4.69) is 29.2 Å². The van der Waals surface area contributed by atoms with Crippen LogP contribution in [-0.2, 0) is 11.2 Å². The Morgan fingerprint density at radius 1 is 1.22 bits per heavy atom. The molecule has 6 heteroatoms. The lowest BCUT2D eigenvalue weighted by atomic mass is 9.90. The predicted molar refractivity (Wildman–Crippen MR) is 107 cm³/mol. The summed E-state index contributed by atoms with van der Waals surface area (Å²) in [5, 5.41) is 0.749. The van der Waals surface area contributed by atoms with Gasteiger partial charge in [0.05, 0.1) is 6.04 Å². The van der Waals surface area contributed by atoms with Gasteiger partial charge in [-0.15, -0.1) is 0 Å². The van der Waals surface area contributed by atoms with Gasteiger partial charge in [0.15, 0.2) is 5.16 Å². The number of thioether (sulfide) groups is 1. The number of hydrogen-bond acceptors (Lipinski definition) is 4. The van der Waals surface area contributed by atoms with Gasteiger partial charge in [-0.1, -0.05) is 42.1 Å². The fourth-order valence-electron chi connectivity index (χ4n) is 4.08. The first kappa shape index (κ1) is 18.3. The Kier molecular flexibility index (Phi) is 5.34. The average Bonchev–Trinajstić information content (AvgIpc) is 3.06. The van der Waals surface area contributed by atoms with Gasteiger partial charge in [-0.2, -0.15) is 0 Å². The lowest BCUT2D eigenvalue weighted by molar-refractivity contribution is -0.133. The Labute approximate surface area is 163 Å². The molecule has 142 valence electrons. The predicted octanol–water partition coefficient (Wildman–Crippen LogP) is 3.07. The van der Waals surface area contributed by atoms with Crippen LogP contribution in [0, 0.1) is 12.8 Å². The standard InChI is InChI=1S/C21H25N3O2S/c1-15-11-20(26)24-18(14-27-21(24)22-15)13-19(25)23-9-7-17(8-10-23)12-16-5-3-2-4-6-16/h2-6,11,17-18H,7-10,12-14H2,1H3/t18-/m0/s1. The molecule has 1 fully saturated rings. The molecule has 1 aromatic heterocycles. The maximum absolute atomic E-state index is 12.8. The minimum absolute atomic E-state index is 0.0399. The maximum Gasteiger partial charge on any atom is 0.254 e. The topological polar surface area (TPSA) is 55.2 Å². The molecular weight excluding hydrogens is 358 g/mol. The second kappa shape index (κ2) is 7.89. The number of aryl methyl sites for hydroxylation is 1. The van der Waals surface area contributed by atoms with E-state index in [1.807, 2.05) is 17.9 Å². The second-order valence-corrected chi connectivity index (χ2v) is 8.56. The van der Waals surface area contributed by atoms with E-state index in [1.54, 1.807) is 22.4 Å². The molecule has 1 amide bonds. The Bertz CT molecular complexity index is 873. The van der Waals surface area contributed by atoms with E-state index < -0.39 is 0 Å². The molecule has 0 spiro atoms. The summed E-state index contributed by atoms with van der Waals surface area (Å²) in [6, 6.07) is 12.1. The molecule has 0 aliphatic carbocycles. The van der Waals surface area contributed by atoms with Crippen molar-refractivity contribution in [2.24, 2.45) is 5.92 Å². The normalized spacial score (nSPS) is 19.9. The largest absolute Gasteiger partial charge is 0.343 e. The molecular formula is C21H25N3O2S.